The molecule has 0 aliphatic carbocycles. The maximum atomic E-state index is 5.44. The summed E-state index contributed by atoms with van der Waals surface area (Å²) in [5, 5.41) is 7.67. The molecule has 0 aliphatic heterocycles. The van der Waals surface area contributed by atoms with Crippen LogP contribution in [0.2, 0.25) is 0 Å². The van der Waals surface area contributed by atoms with E-state index in [9.17, 15) is 0 Å². The number of nitrogens with one attached hydrogen (secondary N) is 2. The molecule has 0 aliphatic rings. The molecule has 3 aromatic rings. The molecule has 0 amide bonds. The second-order valence-electron chi connectivity index (χ2n) is 4.42. The van der Waals surface area contributed by atoms with Crippen molar-refractivity contribution >= 4 is 23.0 Å². The number of imidazole rings is 1. The molecule has 0 spiro atoms. The standard InChI is InChI=1S/C12H16N8/c1-3-8-9(6-19(2)18-8)15-11-12-14-4-5-20(12)7-10(16-11)17-13/h4-7,17H,3,13H2,1-2H3,(H,15,16). The van der Waals surface area contributed by atoms with Crippen LogP contribution in [0.15, 0.2) is 24.8 Å². The van der Waals surface area contributed by atoms with E-state index in [4.69, 9.17) is 5.84 Å². The van der Waals surface area contributed by atoms with Gasteiger partial charge in [-0.2, -0.15) is 5.10 Å². The first-order valence-electron chi connectivity index (χ1n) is 6.31. The van der Waals surface area contributed by atoms with Crippen molar-refractivity contribution in [2.24, 2.45) is 12.9 Å². The van der Waals surface area contributed by atoms with Crippen LogP contribution in [0.5, 0.6) is 0 Å². The van der Waals surface area contributed by atoms with E-state index in [1.807, 2.05) is 23.8 Å². The molecule has 4 N–H and O–H groups in total. The van der Waals surface area contributed by atoms with Gasteiger partial charge in [-0.15, -0.1) is 0 Å². The zero-order chi connectivity index (χ0) is 14.1. The van der Waals surface area contributed by atoms with Crippen LogP contribution < -0.4 is 16.6 Å². The van der Waals surface area contributed by atoms with E-state index in [2.05, 4.69) is 32.7 Å². The summed E-state index contributed by atoms with van der Waals surface area (Å²) >= 11 is 0. The summed E-state index contributed by atoms with van der Waals surface area (Å²) in [6.45, 7) is 2.06. The fourth-order valence-corrected chi connectivity index (χ4v) is 2.11. The monoisotopic (exact) mass is 272 g/mol. The Morgan fingerprint density at radius 3 is 2.95 bits per heavy atom. The lowest BCUT2D eigenvalue weighted by molar-refractivity contribution is 0.746. The summed E-state index contributed by atoms with van der Waals surface area (Å²) in [5.74, 6) is 6.63. The minimum absolute atomic E-state index is 0.555. The molecule has 0 bridgehead atoms. The quantitative estimate of drug-likeness (QED) is 0.485. The number of nitrogens with zero attached hydrogens (tertiary/aromatic N) is 5. The van der Waals surface area contributed by atoms with Crippen molar-refractivity contribution in [3.63, 3.8) is 0 Å². The smallest absolute Gasteiger partial charge is 0.180 e. The van der Waals surface area contributed by atoms with Crippen LogP contribution >= 0.6 is 0 Å². The van der Waals surface area contributed by atoms with E-state index in [0.717, 1.165) is 23.4 Å². The second-order valence-corrected chi connectivity index (χ2v) is 4.42. The van der Waals surface area contributed by atoms with Gasteiger partial charge in [-0.25, -0.2) is 15.8 Å². The van der Waals surface area contributed by atoms with E-state index >= 15 is 0 Å². The maximum absolute atomic E-state index is 5.44. The molecule has 0 aromatic carbocycles. The van der Waals surface area contributed by atoms with Gasteiger partial charge in [0.15, 0.2) is 17.3 Å². The van der Waals surface area contributed by atoms with Gasteiger partial charge in [0.2, 0.25) is 0 Å². The predicted octanol–water partition coefficient (Wildman–Crippen LogP) is 1.05. The Hall–Kier alpha value is -2.61. The number of hydrogen-bond acceptors (Lipinski definition) is 6. The molecule has 0 atom stereocenters. The van der Waals surface area contributed by atoms with Crippen molar-refractivity contribution in [3.8, 4) is 0 Å². The number of aryl methyl sites for hydroxylation is 2. The van der Waals surface area contributed by atoms with Crippen LogP contribution in [0.25, 0.3) is 5.65 Å². The molecule has 3 aromatic heterocycles. The van der Waals surface area contributed by atoms with Gasteiger partial charge in [-0.05, 0) is 6.42 Å². The minimum atomic E-state index is 0.555. The van der Waals surface area contributed by atoms with E-state index in [1.165, 1.54) is 0 Å². The molecule has 0 radical (unpaired) electrons. The van der Waals surface area contributed by atoms with Gasteiger partial charge in [-0.1, -0.05) is 6.92 Å². The van der Waals surface area contributed by atoms with Crippen LogP contribution in [0.3, 0.4) is 0 Å². The van der Waals surface area contributed by atoms with Gasteiger partial charge >= 0.3 is 0 Å². The average molecular weight is 272 g/mol. The summed E-state index contributed by atoms with van der Waals surface area (Å²) in [6.07, 6.45) is 8.09. The fraction of sp³-hybridized carbons (Fsp3) is 0.250. The zero-order valence-corrected chi connectivity index (χ0v) is 11.3. The Morgan fingerprint density at radius 2 is 2.20 bits per heavy atom. The van der Waals surface area contributed by atoms with Crippen molar-refractivity contribution < 1.29 is 0 Å². The first-order chi connectivity index (χ1) is 9.71. The highest BCUT2D eigenvalue weighted by Gasteiger charge is 2.11. The Morgan fingerprint density at radius 1 is 1.35 bits per heavy atom. The molecule has 3 heterocycles. The van der Waals surface area contributed by atoms with E-state index in [0.29, 0.717) is 11.6 Å². The van der Waals surface area contributed by atoms with Crippen LogP contribution in [0.1, 0.15) is 12.6 Å². The zero-order valence-electron chi connectivity index (χ0n) is 11.3. The molecular weight excluding hydrogens is 256 g/mol. The third-order valence-corrected chi connectivity index (χ3v) is 3.02. The normalized spacial score (nSPS) is 10.9. The fourth-order valence-electron chi connectivity index (χ4n) is 2.11. The minimum Gasteiger partial charge on any atom is -0.334 e. The van der Waals surface area contributed by atoms with Crippen LogP contribution in [0, 0.1) is 0 Å². The van der Waals surface area contributed by atoms with E-state index < -0.39 is 0 Å². The third-order valence-electron chi connectivity index (χ3n) is 3.02. The number of hydrogen-bond donors (Lipinski definition) is 3. The lowest BCUT2D eigenvalue weighted by atomic mass is 10.3. The molecule has 8 heteroatoms. The van der Waals surface area contributed by atoms with Crippen LogP contribution in [0.4, 0.5) is 17.3 Å². The van der Waals surface area contributed by atoms with E-state index in [-0.39, 0.29) is 0 Å². The summed E-state index contributed by atoms with van der Waals surface area (Å²) in [5.41, 5.74) is 5.17. The molecule has 3 rings (SSSR count). The number of nitrogen functional groups attached to an aromatic ring is 1. The third kappa shape index (κ3) is 2.05. The van der Waals surface area contributed by atoms with Crippen LogP contribution in [-0.2, 0) is 13.5 Å². The van der Waals surface area contributed by atoms with Gasteiger partial charge in [0, 0.05) is 25.6 Å². The molecule has 0 fully saturated rings. The first-order valence-corrected chi connectivity index (χ1v) is 6.31. The number of anilines is 3. The van der Waals surface area contributed by atoms with Crippen molar-refractivity contribution in [2.45, 2.75) is 13.3 Å². The number of hydrazine groups is 1. The van der Waals surface area contributed by atoms with Crippen LogP contribution in [-0.4, -0.2) is 24.1 Å². The Kier molecular flexibility index (Phi) is 2.99. The lowest BCUT2D eigenvalue weighted by Gasteiger charge is -2.08. The summed E-state index contributed by atoms with van der Waals surface area (Å²) in [4.78, 5) is 8.70. The summed E-state index contributed by atoms with van der Waals surface area (Å²) in [7, 11) is 1.89. The number of aromatic nitrogens is 5. The molecule has 0 unspecified atom stereocenters. The van der Waals surface area contributed by atoms with Crippen molar-refractivity contribution in [1.29, 1.82) is 0 Å². The van der Waals surface area contributed by atoms with Crippen molar-refractivity contribution in [3.05, 3.63) is 30.5 Å². The van der Waals surface area contributed by atoms with Crippen molar-refractivity contribution in [2.75, 3.05) is 10.7 Å². The van der Waals surface area contributed by atoms with Gasteiger partial charge in [0.05, 0.1) is 17.6 Å². The number of fused-ring (bicyclic) bond motifs is 1. The number of nitrogens with two attached hydrogens (primary N) is 1. The lowest BCUT2D eigenvalue weighted by Crippen LogP contribution is -2.11. The summed E-state index contributed by atoms with van der Waals surface area (Å²) in [6, 6.07) is 0. The molecule has 0 saturated heterocycles. The summed E-state index contributed by atoms with van der Waals surface area (Å²) < 4.78 is 3.63. The second kappa shape index (κ2) is 4.82. The molecule has 104 valence electrons. The average Bonchev–Trinajstić information content (AvgIpc) is 3.04. The first kappa shape index (κ1) is 12.4. The molecule has 8 nitrogen and oxygen atoms in total. The highest BCUT2D eigenvalue weighted by atomic mass is 15.3. The van der Waals surface area contributed by atoms with E-state index in [1.54, 1.807) is 17.1 Å². The highest BCUT2D eigenvalue weighted by Crippen LogP contribution is 2.23. The van der Waals surface area contributed by atoms with Crippen molar-refractivity contribution in [1.82, 2.24) is 24.1 Å². The largest absolute Gasteiger partial charge is 0.334 e. The highest BCUT2D eigenvalue weighted by molar-refractivity contribution is 5.72. The SMILES string of the molecule is CCc1nn(C)cc1Nc1nc(NN)cn2ccnc12. The molecule has 20 heavy (non-hydrogen) atoms. The van der Waals surface area contributed by atoms with Gasteiger partial charge in [0.25, 0.3) is 0 Å². The van der Waals surface area contributed by atoms with Gasteiger partial charge in [-0.3, -0.25) is 4.68 Å². The topological polar surface area (TPSA) is 98.1 Å². The Labute approximate surface area is 115 Å². The van der Waals surface area contributed by atoms with Gasteiger partial charge in [0.1, 0.15) is 0 Å². The van der Waals surface area contributed by atoms with Gasteiger partial charge < -0.3 is 15.1 Å². The Bertz CT molecular complexity index is 741. The Balaban J connectivity index is 2.07. The molecule has 0 saturated carbocycles. The number of rotatable bonds is 4. The molecular formula is C12H16N8. The maximum Gasteiger partial charge on any atom is 0.180 e. The predicted molar refractivity (Wildman–Crippen MR) is 76.7 cm³/mol.